The number of ether oxygens (including phenoxy) is 1. The number of aliphatic hydroxyl groups is 1. The highest BCUT2D eigenvalue weighted by Crippen LogP contribution is 2.19. The first kappa shape index (κ1) is 11.0. The molecule has 0 aliphatic rings. The summed E-state index contributed by atoms with van der Waals surface area (Å²) in [4.78, 5) is 0. The van der Waals surface area contributed by atoms with Crippen molar-refractivity contribution in [2.24, 2.45) is 0 Å². The van der Waals surface area contributed by atoms with Crippen LogP contribution in [-0.2, 0) is 13.2 Å². The van der Waals surface area contributed by atoms with Crippen LogP contribution in [0.25, 0.3) is 0 Å². The first-order valence-electron chi connectivity index (χ1n) is 4.59. The number of benzene rings is 1. The molecule has 0 aliphatic heterocycles. The van der Waals surface area contributed by atoms with E-state index >= 15 is 0 Å². The van der Waals surface area contributed by atoms with Crippen molar-refractivity contribution in [1.82, 2.24) is 10.2 Å². The van der Waals surface area contributed by atoms with E-state index in [1.54, 1.807) is 18.2 Å². The SMILES string of the molecule is OCc1nnc(OCc2ccccc2F)s1. The largest absolute Gasteiger partial charge is 0.464 e. The molecule has 1 N–H and O–H groups in total. The molecule has 2 rings (SSSR count). The summed E-state index contributed by atoms with van der Waals surface area (Å²) < 4.78 is 18.5. The Balaban J connectivity index is 1.99. The van der Waals surface area contributed by atoms with E-state index in [1.807, 2.05) is 0 Å². The van der Waals surface area contributed by atoms with Gasteiger partial charge in [0.05, 0.1) is 6.61 Å². The lowest BCUT2D eigenvalue weighted by Gasteiger charge is -2.02. The van der Waals surface area contributed by atoms with Gasteiger partial charge in [-0.3, -0.25) is 0 Å². The molecule has 0 saturated carbocycles. The molecule has 0 aliphatic carbocycles. The van der Waals surface area contributed by atoms with Crippen molar-refractivity contribution in [3.63, 3.8) is 0 Å². The van der Waals surface area contributed by atoms with Gasteiger partial charge in [0.1, 0.15) is 17.4 Å². The van der Waals surface area contributed by atoms with Crippen LogP contribution in [0.15, 0.2) is 24.3 Å². The summed E-state index contributed by atoms with van der Waals surface area (Å²) >= 11 is 1.14. The van der Waals surface area contributed by atoms with E-state index in [9.17, 15) is 4.39 Å². The Morgan fingerprint density at radius 1 is 1.31 bits per heavy atom. The molecule has 1 aromatic carbocycles. The third kappa shape index (κ3) is 2.53. The summed E-state index contributed by atoms with van der Waals surface area (Å²) in [6.45, 7) is -0.0620. The van der Waals surface area contributed by atoms with E-state index in [2.05, 4.69) is 10.2 Å². The fourth-order valence-electron chi connectivity index (χ4n) is 1.12. The van der Waals surface area contributed by atoms with Gasteiger partial charge in [0.25, 0.3) is 5.19 Å². The van der Waals surface area contributed by atoms with Crippen molar-refractivity contribution in [2.75, 3.05) is 0 Å². The van der Waals surface area contributed by atoms with E-state index < -0.39 is 0 Å². The highest BCUT2D eigenvalue weighted by Gasteiger charge is 2.06. The third-order valence-electron chi connectivity index (χ3n) is 1.89. The van der Waals surface area contributed by atoms with Gasteiger partial charge in [0.2, 0.25) is 0 Å². The minimum absolute atomic E-state index is 0.104. The standard InChI is InChI=1S/C10H9FN2O2S/c11-8-4-2-1-3-7(8)6-15-10-13-12-9(5-14)16-10/h1-4,14H,5-6H2. The average molecular weight is 240 g/mol. The van der Waals surface area contributed by atoms with Crippen LogP contribution in [-0.4, -0.2) is 15.3 Å². The van der Waals surface area contributed by atoms with Crippen LogP contribution in [0, 0.1) is 5.82 Å². The van der Waals surface area contributed by atoms with Gasteiger partial charge in [-0.15, -0.1) is 5.10 Å². The first-order chi connectivity index (χ1) is 7.79. The normalized spacial score (nSPS) is 10.4. The minimum Gasteiger partial charge on any atom is -0.464 e. The lowest BCUT2D eigenvalue weighted by Crippen LogP contribution is -1.97. The molecule has 4 nitrogen and oxygen atoms in total. The van der Waals surface area contributed by atoms with Gasteiger partial charge < -0.3 is 9.84 Å². The maximum atomic E-state index is 13.2. The maximum Gasteiger partial charge on any atom is 0.294 e. The zero-order valence-electron chi connectivity index (χ0n) is 8.26. The first-order valence-corrected chi connectivity index (χ1v) is 5.40. The zero-order chi connectivity index (χ0) is 11.4. The Bertz CT molecular complexity index is 475. The van der Waals surface area contributed by atoms with Crippen LogP contribution < -0.4 is 4.74 Å². The molecule has 0 bridgehead atoms. The molecule has 0 atom stereocenters. The summed E-state index contributed by atoms with van der Waals surface area (Å²) in [7, 11) is 0. The van der Waals surface area contributed by atoms with Crippen molar-refractivity contribution in [2.45, 2.75) is 13.2 Å². The van der Waals surface area contributed by atoms with Crippen LogP contribution in [0.5, 0.6) is 5.19 Å². The third-order valence-corrected chi connectivity index (χ3v) is 2.71. The molecule has 1 heterocycles. The Morgan fingerprint density at radius 3 is 2.81 bits per heavy atom. The van der Waals surface area contributed by atoms with Gasteiger partial charge >= 0.3 is 0 Å². The number of aromatic nitrogens is 2. The maximum absolute atomic E-state index is 13.2. The quantitative estimate of drug-likeness (QED) is 0.884. The lowest BCUT2D eigenvalue weighted by atomic mass is 10.2. The van der Waals surface area contributed by atoms with Crippen molar-refractivity contribution < 1.29 is 14.2 Å². The van der Waals surface area contributed by atoms with Crippen molar-refractivity contribution >= 4 is 11.3 Å². The molecule has 2 aromatic rings. The van der Waals surface area contributed by atoms with Crippen molar-refractivity contribution in [1.29, 1.82) is 0 Å². The number of aliphatic hydroxyl groups excluding tert-OH is 1. The van der Waals surface area contributed by atoms with E-state index in [-0.39, 0.29) is 19.0 Å². The second-order valence-electron chi connectivity index (χ2n) is 3.00. The Kier molecular flexibility index (Phi) is 3.43. The highest BCUT2D eigenvalue weighted by molar-refractivity contribution is 7.13. The topological polar surface area (TPSA) is 55.2 Å². The summed E-state index contributed by atoms with van der Waals surface area (Å²) in [6, 6.07) is 6.37. The zero-order valence-corrected chi connectivity index (χ0v) is 9.08. The van der Waals surface area contributed by atoms with Crippen LogP contribution >= 0.6 is 11.3 Å². The van der Waals surface area contributed by atoms with Crippen LogP contribution in [0.4, 0.5) is 4.39 Å². The number of halogens is 1. The monoisotopic (exact) mass is 240 g/mol. The summed E-state index contributed by atoms with van der Waals surface area (Å²) in [5.41, 5.74) is 0.461. The average Bonchev–Trinajstić information content (AvgIpc) is 2.76. The van der Waals surface area contributed by atoms with Crippen LogP contribution in [0.3, 0.4) is 0 Å². The second-order valence-corrected chi connectivity index (χ2v) is 4.02. The van der Waals surface area contributed by atoms with E-state index in [0.717, 1.165) is 11.3 Å². The fraction of sp³-hybridized carbons (Fsp3) is 0.200. The number of rotatable bonds is 4. The summed E-state index contributed by atoms with van der Waals surface area (Å²) in [6.07, 6.45) is 0. The van der Waals surface area contributed by atoms with Gasteiger partial charge in [-0.1, -0.05) is 34.6 Å². The molecule has 1 aromatic heterocycles. The van der Waals surface area contributed by atoms with E-state index in [1.165, 1.54) is 6.07 Å². The predicted molar refractivity (Wildman–Crippen MR) is 56.6 cm³/mol. The summed E-state index contributed by atoms with van der Waals surface area (Å²) in [5, 5.41) is 16.9. The minimum atomic E-state index is -0.311. The van der Waals surface area contributed by atoms with Gasteiger partial charge in [0.15, 0.2) is 0 Å². The predicted octanol–water partition coefficient (Wildman–Crippen LogP) is 1.75. The van der Waals surface area contributed by atoms with Crippen LogP contribution in [0.1, 0.15) is 10.6 Å². The Labute approximate surface area is 95.3 Å². The number of hydrogen-bond acceptors (Lipinski definition) is 5. The molecule has 0 amide bonds. The molecule has 84 valence electrons. The number of hydrogen-bond donors (Lipinski definition) is 1. The fourth-order valence-corrected chi connectivity index (χ4v) is 1.66. The molecule has 0 unspecified atom stereocenters. The molecule has 16 heavy (non-hydrogen) atoms. The molecule has 0 spiro atoms. The molecule has 0 saturated heterocycles. The molecule has 0 radical (unpaired) electrons. The molecule has 6 heteroatoms. The summed E-state index contributed by atoms with van der Waals surface area (Å²) in [5.74, 6) is -0.311. The number of nitrogens with zero attached hydrogens (tertiary/aromatic N) is 2. The van der Waals surface area contributed by atoms with E-state index in [4.69, 9.17) is 9.84 Å². The van der Waals surface area contributed by atoms with Gasteiger partial charge in [-0.25, -0.2) is 4.39 Å². The van der Waals surface area contributed by atoms with Gasteiger partial charge in [-0.2, -0.15) is 0 Å². The Morgan fingerprint density at radius 2 is 2.12 bits per heavy atom. The van der Waals surface area contributed by atoms with Gasteiger partial charge in [-0.05, 0) is 6.07 Å². The second kappa shape index (κ2) is 5.00. The Hall–Kier alpha value is -1.53. The van der Waals surface area contributed by atoms with Crippen molar-refractivity contribution in [3.8, 4) is 5.19 Å². The van der Waals surface area contributed by atoms with Gasteiger partial charge in [0, 0.05) is 5.56 Å². The molecule has 0 fully saturated rings. The molecular weight excluding hydrogens is 231 g/mol. The van der Waals surface area contributed by atoms with Crippen molar-refractivity contribution in [3.05, 3.63) is 40.7 Å². The van der Waals surface area contributed by atoms with E-state index in [0.29, 0.717) is 15.8 Å². The highest BCUT2D eigenvalue weighted by atomic mass is 32.1. The molecular formula is C10H9FN2O2S. The lowest BCUT2D eigenvalue weighted by molar-refractivity contribution is 0.279. The smallest absolute Gasteiger partial charge is 0.294 e. The van der Waals surface area contributed by atoms with Crippen LogP contribution in [0.2, 0.25) is 0 Å².